The quantitative estimate of drug-likeness (QED) is 0.691. The van der Waals surface area contributed by atoms with E-state index in [0.29, 0.717) is 40.6 Å². The van der Waals surface area contributed by atoms with Gasteiger partial charge in [-0.25, -0.2) is 4.98 Å². The number of fused-ring (bicyclic) bond motifs is 2. The average Bonchev–Trinajstić information content (AvgIpc) is 2.77. The third-order valence-electron chi connectivity index (χ3n) is 5.62. The van der Waals surface area contributed by atoms with Crippen LogP contribution >= 0.6 is 0 Å². The molecule has 0 saturated carbocycles. The Bertz CT molecular complexity index is 1170. The van der Waals surface area contributed by atoms with Crippen molar-refractivity contribution in [2.45, 2.75) is 19.9 Å². The van der Waals surface area contributed by atoms with Crippen molar-refractivity contribution in [3.63, 3.8) is 0 Å². The summed E-state index contributed by atoms with van der Waals surface area (Å²) in [6.45, 7) is 3.38. The van der Waals surface area contributed by atoms with Crippen molar-refractivity contribution in [3.8, 4) is 23.0 Å². The lowest BCUT2D eigenvalue weighted by Crippen LogP contribution is -2.33. The van der Waals surface area contributed by atoms with Gasteiger partial charge in [-0.15, -0.1) is 0 Å². The van der Waals surface area contributed by atoms with E-state index in [-0.39, 0.29) is 5.56 Å². The molecule has 0 spiro atoms. The molecular weight excluding hydrogens is 386 g/mol. The van der Waals surface area contributed by atoms with Crippen LogP contribution in [0, 0.1) is 6.92 Å². The zero-order valence-corrected chi connectivity index (χ0v) is 17.8. The first-order valence-corrected chi connectivity index (χ1v) is 9.65. The van der Waals surface area contributed by atoms with Crippen LogP contribution in [0.3, 0.4) is 0 Å². The zero-order valence-electron chi connectivity index (χ0n) is 17.8. The van der Waals surface area contributed by atoms with Crippen molar-refractivity contribution in [1.82, 2.24) is 9.97 Å². The molecule has 158 valence electrons. The fourth-order valence-electron chi connectivity index (χ4n) is 4.08. The molecule has 2 heterocycles. The molecule has 1 aliphatic heterocycles. The Morgan fingerprint density at radius 2 is 1.67 bits per heavy atom. The molecule has 0 radical (unpaired) electrons. The van der Waals surface area contributed by atoms with E-state index < -0.39 is 0 Å². The molecule has 0 bridgehead atoms. The number of H-pyrrole nitrogens is 1. The predicted molar refractivity (Wildman–Crippen MR) is 115 cm³/mol. The van der Waals surface area contributed by atoms with E-state index in [9.17, 15) is 4.79 Å². The molecule has 0 saturated heterocycles. The van der Waals surface area contributed by atoms with E-state index in [1.807, 2.05) is 13.0 Å². The van der Waals surface area contributed by atoms with Crippen LogP contribution in [0.5, 0.6) is 23.0 Å². The summed E-state index contributed by atoms with van der Waals surface area (Å²) in [6, 6.07) is 5.37. The minimum atomic E-state index is -0.217. The molecule has 0 atom stereocenters. The number of hydrogen-bond donors (Lipinski definition) is 1. The van der Waals surface area contributed by atoms with Crippen LogP contribution in [-0.2, 0) is 13.0 Å². The number of ether oxygens (including phenoxy) is 4. The monoisotopic (exact) mass is 411 g/mol. The van der Waals surface area contributed by atoms with Gasteiger partial charge in [0.2, 0.25) is 5.95 Å². The average molecular weight is 411 g/mol. The molecule has 2 aromatic carbocycles. The summed E-state index contributed by atoms with van der Waals surface area (Å²) in [4.78, 5) is 22.4. The van der Waals surface area contributed by atoms with Gasteiger partial charge >= 0.3 is 0 Å². The van der Waals surface area contributed by atoms with E-state index in [1.165, 1.54) is 12.7 Å². The van der Waals surface area contributed by atoms with E-state index in [2.05, 4.69) is 9.88 Å². The first-order valence-electron chi connectivity index (χ1n) is 9.65. The fraction of sp³-hybridized carbons (Fsp3) is 0.364. The Labute approximate surface area is 174 Å². The Balaban J connectivity index is 1.76. The maximum absolute atomic E-state index is 12.7. The van der Waals surface area contributed by atoms with Crippen LogP contribution in [0.2, 0.25) is 0 Å². The topological polar surface area (TPSA) is 85.9 Å². The van der Waals surface area contributed by atoms with E-state index in [0.717, 1.165) is 29.8 Å². The van der Waals surface area contributed by atoms with Crippen LogP contribution < -0.4 is 29.4 Å². The lowest BCUT2D eigenvalue weighted by Gasteiger charge is -2.31. The highest BCUT2D eigenvalue weighted by atomic mass is 16.5. The van der Waals surface area contributed by atoms with Gasteiger partial charge in [-0.3, -0.25) is 9.78 Å². The standard InChI is InChI=1S/C22H25N3O5/c1-12-14-6-7-25(11-13(14)8-19(29-4)20(12)30-5)22-23-16-10-18(28-3)17(27-2)9-15(16)21(26)24-22/h8-10H,6-7,11H2,1-5H3,(H,23,24,26). The van der Waals surface area contributed by atoms with E-state index in [1.54, 1.807) is 33.5 Å². The second-order valence-corrected chi connectivity index (χ2v) is 7.16. The van der Waals surface area contributed by atoms with Crippen LogP contribution in [-0.4, -0.2) is 45.0 Å². The summed E-state index contributed by atoms with van der Waals surface area (Å²) < 4.78 is 21.7. The van der Waals surface area contributed by atoms with Crippen LogP contribution in [0.15, 0.2) is 23.0 Å². The smallest absolute Gasteiger partial charge is 0.260 e. The molecule has 30 heavy (non-hydrogen) atoms. The molecule has 8 heteroatoms. The van der Waals surface area contributed by atoms with Gasteiger partial charge < -0.3 is 23.8 Å². The molecule has 1 N–H and O–H groups in total. The van der Waals surface area contributed by atoms with Gasteiger partial charge in [-0.05, 0) is 42.2 Å². The molecular formula is C22H25N3O5. The van der Waals surface area contributed by atoms with Crippen molar-refractivity contribution in [2.75, 3.05) is 39.9 Å². The highest BCUT2D eigenvalue weighted by Gasteiger charge is 2.24. The van der Waals surface area contributed by atoms with Crippen molar-refractivity contribution in [2.24, 2.45) is 0 Å². The number of methoxy groups -OCH3 is 4. The van der Waals surface area contributed by atoms with Crippen molar-refractivity contribution in [1.29, 1.82) is 0 Å². The van der Waals surface area contributed by atoms with E-state index >= 15 is 0 Å². The second-order valence-electron chi connectivity index (χ2n) is 7.16. The van der Waals surface area contributed by atoms with Gasteiger partial charge in [-0.1, -0.05) is 0 Å². The first-order chi connectivity index (χ1) is 14.5. The number of aromatic nitrogens is 2. The zero-order chi connectivity index (χ0) is 21.4. The van der Waals surface area contributed by atoms with Gasteiger partial charge in [0.25, 0.3) is 5.56 Å². The molecule has 0 amide bonds. The number of benzene rings is 2. The van der Waals surface area contributed by atoms with Crippen molar-refractivity contribution < 1.29 is 18.9 Å². The number of aromatic amines is 1. The lowest BCUT2D eigenvalue weighted by molar-refractivity contribution is 0.351. The normalized spacial score (nSPS) is 13.2. The molecule has 0 aliphatic carbocycles. The third-order valence-corrected chi connectivity index (χ3v) is 5.62. The van der Waals surface area contributed by atoms with E-state index in [4.69, 9.17) is 23.9 Å². The van der Waals surface area contributed by atoms with Gasteiger partial charge in [0.15, 0.2) is 23.0 Å². The highest BCUT2D eigenvalue weighted by molar-refractivity contribution is 5.82. The van der Waals surface area contributed by atoms with Gasteiger partial charge in [0.1, 0.15) is 0 Å². The number of nitrogens with zero attached hydrogens (tertiary/aromatic N) is 2. The minimum absolute atomic E-state index is 0.217. The van der Waals surface area contributed by atoms with Gasteiger partial charge in [-0.2, -0.15) is 0 Å². The molecule has 0 unspecified atom stereocenters. The lowest BCUT2D eigenvalue weighted by atomic mass is 9.94. The Morgan fingerprint density at radius 3 is 2.33 bits per heavy atom. The Kier molecular flexibility index (Phi) is 5.15. The highest BCUT2D eigenvalue weighted by Crippen LogP contribution is 2.38. The summed E-state index contributed by atoms with van der Waals surface area (Å²) in [7, 11) is 6.38. The predicted octanol–water partition coefficient (Wildman–Crippen LogP) is 2.83. The SMILES string of the molecule is COc1cc2nc(N3CCc4c(cc(OC)c(OC)c4C)C3)[nH]c(=O)c2cc1OC. The first kappa shape index (κ1) is 19.9. The largest absolute Gasteiger partial charge is 0.493 e. The maximum atomic E-state index is 12.7. The number of hydrogen-bond acceptors (Lipinski definition) is 7. The van der Waals surface area contributed by atoms with Crippen LogP contribution in [0.25, 0.3) is 10.9 Å². The third kappa shape index (κ3) is 3.18. The van der Waals surface area contributed by atoms with Crippen molar-refractivity contribution in [3.05, 3.63) is 45.2 Å². The number of nitrogens with one attached hydrogen (secondary N) is 1. The second kappa shape index (κ2) is 7.78. The number of anilines is 1. The molecule has 1 aromatic heterocycles. The van der Waals surface area contributed by atoms with Crippen LogP contribution in [0.1, 0.15) is 16.7 Å². The Hall–Kier alpha value is -3.42. The number of rotatable bonds is 5. The molecule has 3 aromatic rings. The van der Waals surface area contributed by atoms with Crippen molar-refractivity contribution >= 4 is 16.9 Å². The molecule has 8 nitrogen and oxygen atoms in total. The summed E-state index contributed by atoms with van der Waals surface area (Å²) in [5, 5.41) is 0.455. The summed E-state index contributed by atoms with van der Waals surface area (Å²) >= 11 is 0. The summed E-state index contributed by atoms with van der Waals surface area (Å²) in [6.07, 6.45) is 0.815. The molecule has 4 rings (SSSR count). The van der Waals surface area contributed by atoms with Gasteiger partial charge in [0, 0.05) is 19.2 Å². The molecule has 0 fully saturated rings. The Morgan fingerprint density at radius 1 is 0.967 bits per heavy atom. The maximum Gasteiger partial charge on any atom is 0.260 e. The molecule has 1 aliphatic rings. The van der Waals surface area contributed by atoms with Gasteiger partial charge in [0.05, 0.1) is 39.3 Å². The van der Waals surface area contributed by atoms with Crippen LogP contribution in [0.4, 0.5) is 5.95 Å². The summed E-state index contributed by atoms with van der Waals surface area (Å²) in [5.41, 5.74) is 3.80. The minimum Gasteiger partial charge on any atom is -0.493 e. The summed E-state index contributed by atoms with van der Waals surface area (Å²) in [5.74, 6) is 3.02. The fourth-order valence-corrected chi connectivity index (χ4v) is 4.08.